The summed E-state index contributed by atoms with van der Waals surface area (Å²) in [5.41, 5.74) is 0. The summed E-state index contributed by atoms with van der Waals surface area (Å²) in [6.07, 6.45) is 0.967. The first-order valence-electron chi connectivity index (χ1n) is 5.77. The number of carbonyl (C=O) groups is 2. The zero-order valence-corrected chi connectivity index (χ0v) is 10.6. The minimum Gasteiger partial charge on any atom is -0.480 e. The number of aliphatic hydroxyl groups excluding tert-OH is 1. The number of aliphatic hydroxyl groups is 1. The molecular formula is C11H22N2O4. The standard InChI is InChI=1S/C11H22N2O4/c1-4-8(2)7-13(3)11(17)12-9(5-6-14)10(15)16/h8-9,14H,4-7H2,1-3H3,(H,12,17)(H,15,16). The molecule has 0 radical (unpaired) electrons. The summed E-state index contributed by atoms with van der Waals surface area (Å²) in [7, 11) is 1.62. The van der Waals surface area contributed by atoms with E-state index in [4.69, 9.17) is 10.2 Å². The monoisotopic (exact) mass is 246 g/mol. The van der Waals surface area contributed by atoms with E-state index in [9.17, 15) is 9.59 Å². The molecule has 0 spiro atoms. The molecule has 0 aliphatic rings. The van der Waals surface area contributed by atoms with Crippen molar-refractivity contribution in [3.8, 4) is 0 Å². The lowest BCUT2D eigenvalue weighted by Crippen LogP contribution is -2.47. The Kier molecular flexibility index (Phi) is 7.29. The average Bonchev–Trinajstić information content (AvgIpc) is 2.27. The molecule has 0 rings (SSSR count). The molecule has 3 N–H and O–H groups in total. The maximum Gasteiger partial charge on any atom is 0.326 e. The minimum absolute atomic E-state index is 0.0121. The van der Waals surface area contributed by atoms with E-state index in [0.29, 0.717) is 12.5 Å². The molecular weight excluding hydrogens is 224 g/mol. The first-order chi connectivity index (χ1) is 7.92. The van der Waals surface area contributed by atoms with Gasteiger partial charge in [-0.05, 0) is 5.92 Å². The van der Waals surface area contributed by atoms with Gasteiger partial charge in [0.05, 0.1) is 0 Å². The molecule has 2 unspecified atom stereocenters. The van der Waals surface area contributed by atoms with Crippen LogP contribution in [0.3, 0.4) is 0 Å². The fraction of sp³-hybridized carbons (Fsp3) is 0.818. The van der Waals surface area contributed by atoms with Gasteiger partial charge in [-0.15, -0.1) is 0 Å². The lowest BCUT2D eigenvalue weighted by atomic mass is 10.1. The molecule has 0 aliphatic carbocycles. The number of nitrogens with zero attached hydrogens (tertiary/aromatic N) is 1. The summed E-state index contributed by atoms with van der Waals surface area (Å²) in [4.78, 5) is 23.9. The van der Waals surface area contributed by atoms with Gasteiger partial charge in [0.15, 0.2) is 0 Å². The van der Waals surface area contributed by atoms with E-state index in [1.54, 1.807) is 7.05 Å². The van der Waals surface area contributed by atoms with Crippen LogP contribution in [0.1, 0.15) is 26.7 Å². The van der Waals surface area contributed by atoms with Gasteiger partial charge in [0.1, 0.15) is 6.04 Å². The van der Waals surface area contributed by atoms with Gasteiger partial charge >= 0.3 is 12.0 Å². The fourth-order valence-electron chi connectivity index (χ4n) is 1.33. The molecule has 0 bridgehead atoms. The lowest BCUT2D eigenvalue weighted by Gasteiger charge is -2.23. The highest BCUT2D eigenvalue weighted by Crippen LogP contribution is 2.03. The number of carbonyl (C=O) groups excluding carboxylic acids is 1. The molecule has 17 heavy (non-hydrogen) atoms. The second-order valence-corrected chi connectivity index (χ2v) is 4.25. The molecule has 0 heterocycles. The molecule has 6 nitrogen and oxygen atoms in total. The average molecular weight is 246 g/mol. The quantitative estimate of drug-likeness (QED) is 0.610. The molecule has 2 amide bonds. The summed E-state index contributed by atoms with van der Waals surface area (Å²) in [6.45, 7) is 4.36. The topological polar surface area (TPSA) is 89.9 Å². The lowest BCUT2D eigenvalue weighted by molar-refractivity contribution is -0.139. The summed E-state index contributed by atoms with van der Waals surface area (Å²) in [5, 5.41) is 19.9. The normalized spacial score (nSPS) is 13.9. The number of aliphatic carboxylic acids is 1. The Balaban J connectivity index is 4.25. The van der Waals surface area contributed by atoms with Crippen molar-refractivity contribution in [2.45, 2.75) is 32.7 Å². The smallest absolute Gasteiger partial charge is 0.326 e. The van der Waals surface area contributed by atoms with Gasteiger partial charge < -0.3 is 20.4 Å². The van der Waals surface area contributed by atoms with Crippen molar-refractivity contribution in [2.24, 2.45) is 5.92 Å². The molecule has 100 valence electrons. The largest absolute Gasteiger partial charge is 0.480 e. The van der Waals surface area contributed by atoms with E-state index in [2.05, 4.69) is 5.32 Å². The highest BCUT2D eigenvalue weighted by Gasteiger charge is 2.21. The Morgan fingerprint density at radius 3 is 2.41 bits per heavy atom. The maximum absolute atomic E-state index is 11.7. The van der Waals surface area contributed by atoms with Gasteiger partial charge in [-0.1, -0.05) is 20.3 Å². The Labute approximate surface area is 102 Å². The van der Waals surface area contributed by atoms with Crippen molar-refractivity contribution < 1.29 is 19.8 Å². The molecule has 0 fully saturated rings. The number of rotatable bonds is 7. The molecule has 0 saturated carbocycles. The summed E-state index contributed by atoms with van der Waals surface area (Å²) >= 11 is 0. The molecule has 2 atom stereocenters. The van der Waals surface area contributed by atoms with Gasteiger partial charge in [0, 0.05) is 26.6 Å². The van der Waals surface area contributed by atoms with E-state index in [1.165, 1.54) is 4.90 Å². The van der Waals surface area contributed by atoms with Crippen LogP contribution < -0.4 is 5.32 Å². The first kappa shape index (κ1) is 15.7. The van der Waals surface area contributed by atoms with Crippen LogP contribution in [0.25, 0.3) is 0 Å². The Morgan fingerprint density at radius 1 is 1.41 bits per heavy atom. The third-order valence-electron chi connectivity index (χ3n) is 2.64. The number of amides is 2. The number of nitrogens with one attached hydrogen (secondary N) is 1. The molecule has 0 aromatic rings. The zero-order valence-electron chi connectivity index (χ0n) is 10.6. The second-order valence-electron chi connectivity index (χ2n) is 4.25. The van der Waals surface area contributed by atoms with Gasteiger partial charge in [-0.25, -0.2) is 9.59 Å². The van der Waals surface area contributed by atoms with Crippen LogP contribution in [-0.4, -0.2) is 53.4 Å². The third kappa shape index (κ3) is 6.11. The van der Waals surface area contributed by atoms with Crippen LogP contribution in [0.15, 0.2) is 0 Å². The van der Waals surface area contributed by atoms with Crippen molar-refractivity contribution in [1.29, 1.82) is 0 Å². The van der Waals surface area contributed by atoms with Crippen LogP contribution in [0.4, 0.5) is 4.79 Å². The van der Waals surface area contributed by atoms with E-state index in [-0.39, 0.29) is 13.0 Å². The fourth-order valence-corrected chi connectivity index (χ4v) is 1.33. The van der Waals surface area contributed by atoms with E-state index >= 15 is 0 Å². The third-order valence-corrected chi connectivity index (χ3v) is 2.64. The first-order valence-corrected chi connectivity index (χ1v) is 5.77. The molecule has 0 aromatic heterocycles. The van der Waals surface area contributed by atoms with Crippen molar-refractivity contribution in [2.75, 3.05) is 20.2 Å². The Bertz CT molecular complexity index is 258. The number of carboxylic acids is 1. The van der Waals surface area contributed by atoms with E-state index in [1.807, 2.05) is 13.8 Å². The van der Waals surface area contributed by atoms with Crippen molar-refractivity contribution >= 4 is 12.0 Å². The van der Waals surface area contributed by atoms with Gasteiger partial charge in [0.25, 0.3) is 0 Å². The zero-order chi connectivity index (χ0) is 13.4. The molecule has 0 aromatic carbocycles. The maximum atomic E-state index is 11.7. The van der Waals surface area contributed by atoms with Crippen molar-refractivity contribution in [1.82, 2.24) is 10.2 Å². The highest BCUT2D eigenvalue weighted by molar-refractivity contribution is 5.82. The Hall–Kier alpha value is -1.30. The summed E-state index contributed by atoms with van der Waals surface area (Å²) in [6, 6.07) is -1.46. The molecule has 0 aliphatic heterocycles. The van der Waals surface area contributed by atoms with Crippen LogP contribution in [0.2, 0.25) is 0 Å². The number of carboxylic acid groups (broad SMARTS) is 1. The van der Waals surface area contributed by atoms with Crippen molar-refractivity contribution in [3.63, 3.8) is 0 Å². The van der Waals surface area contributed by atoms with Gasteiger partial charge in [0.2, 0.25) is 0 Å². The minimum atomic E-state index is -1.13. The van der Waals surface area contributed by atoms with Crippen LogP contribution in [0, 0.1) is 5.92 Å². The van der Waals surface area contributed by atoms with Crippen molar-refractivity contribution in [3.05, 3.63) is 0 Å². The van der Waals surface area contributed by atoms with E-state index in [0.717, 1.165) is 6.42 Å². The molecule has 6 heteroatoms. The molecule has 0 saturated heterocycles. The number of hydrogen-bond acceptors (Lipinski definition) is 3. The SMILES string of the molecule is CCC(C)CN(C)C(=O)NC(CCO)C(=O)O. The summed E-state index contributed by atoms with van der Waals surface area (Å²) < 4.78 is 0. The number of hydrogen-bond donors (Lipinski definition) is 3. The predicted octanol–water partition coefficient (Wildman–Crippen LogP) is 0.509. The number of urea groups is 1. The van der Waals surface area contributed by atoms with Gasteiger partial charge in [-0.3, -0.25) is 0 Å². The van der Waals surface area contributed by atoms with Gasteiger partial charge in [-0.2, -0.15) is 0 Å². The van der Waals surface area contributed by atoms with Crippen LogP contribution in [0.5, 0.6) is 0 Å². The second kappa shape index (κ2) is 7.89. The van der Waals surface area contributed by atoms with Crippen LogP contribution in [-0.2, 0) is 4.79 Å². The summed E-state index contributed by atoms with van der Waals surface area (Å²) in [5.74, 6) is -0.767. The van der Waals surface area contributed by atoms with E-state index < -0.39 is 18.0 Å². The van der Waals surface area contributed by atoms with Crippen LogP contribution >= 0.6 is 0 Å². The highest BCUT2D eigenvalue weighted by atomic mass is 16.4. The predicted molar refractivity (Wildman–Crippen MR) is 63.7 cm³/mol. The Morgan fingerprint density at radius 2 is 2.00 bits per heavy atom.